The van der Waals surface area contributed by atoms with Crippen molar-refractivity contribution in [3.63, 3.8) is 0 Å². The SMILES string of the molecule is COc1cc2nc(Nc3ccc(F)c(Cl)c3)ncc2cc1OC1CCN(C(=O)N2C[C@@H](C)O[C@@H](C)C2)CC1. The lowest BCUT2D eigenvalue weighted by molar-refractivity contribution is -0.0593. The van der Waals surface area contributed by atoms with Crippen molar-refractivity contribution in [2.45, 2.75) is 45.0 Å². The van der Waals surface area contributed by atoms with Gasteiger partial charge in [0.15, 0.2) is 11.5 Å². The molecular weight excluding hydrogens is 513 g/mol. The molecular formula is C27H31ClFN5O4. The van der Waals surface area contributed by atoms with Crippen LogP contribution in [0.15, 0.2) is 36.5 Å². The van der Waals surface area contributed by atoms with E-state index in [1.165, 1.54) is 12.1 Å². The lowest BCUT2D eigenvalue weighted by Gasteiger charge is -2.40. The van der Waals surface area contributed by atoms with Crippen molar-refractivity contribution in [3.8, 4) is 11.5 Å². The van der Waals surface area contributed by atoms with Crippen LogP contribution in [0.5, 0.6) is 11.5 Å². The summed E-state index contributed by atoms with van der Waals surface area (Å²) in [5, 5.41) is 3.83. The Morgan fingerprint density at radius 3 is 2.53 bits per heavy atom. The zero-order chi connectivity index (χ0) is 26.8. The molecule has 9 nitrogen and oxygen atoms in total. The van der Waals surface area contributed by atoms with Crippen LogP contribution in [0.25, 0.3) is 10.9 Å². The molecule has 5 rings (SSSR count). The molecule has 2 atom stereocenters. The highest BCUT2D eigenvalue weighted by Gasteiger charge is 2.32. The first-order valence-electron chi connectivity index (χ1n) is 12.7. The first kappa shape index (κ1) is 26.2. The third-order valence-electron chi connectivity index (χ3n) is 6.74. The largest absolute Gasteiger partial charge is 0.493 e. The number of nitrogens with zero attached hydrogens (tertiary/aromatic N) is 4. The maximum absolute atomic E-state index is 13.5. The number of urea groups is 1. The molecule has 1 N–H and O–H groups in total. The Bertz CT molecular complexity index is 1310. The molecule has 2 aliphatic rings. The first-order chi connectivity index (χ1) is 18.3. The highest BCUT2D eigenvalue weighted by atomic mass is 35.5. The quantitative estimate of drug-likeness (QED) is 0.470. The fraction of sp³-hybridized carbons (Fsp3) is 0.444. The van der Waals surface area contributed by atoms with Crippen molar-refractivity contribution < 1.29 is 23.4 Å². The molecule has 0 radical (unpaired) electrons. The molecule has 38 heavy (non-hydrogen) atoms. The molecule has 0 spiro atoms. The summed E-state index contributed by atoms with van der Waals surface area (Å²) >= 11 is 5.87. The molecule has 0 bridgehead atoms. The number of ether oxygens (including phenoxy) is 3. The van der Waals surface area contributed by atoms with Gasteiger partial charge in [-0.05, 0) is 38.1 Å². The number of aromatic nitrogens is 2. The zero-order valence-corrected chi connectivity index (χ0v) is 22.4. The minimum atomic E-state index is -0.493. The van der Waals surface area contributed by atoms with Gasteiger partial charge in [-0.25, -0.2) is 19.2 Å². The Morgan fingerprint density at radius 1 is 1.11 bits per heavy atom. The van der Waals surface area contributed by atoms with Crippen LogP contribution in [0.3, 0.4) is 0 Å². The van der Waals surface area contributed by atoms with Gasteiger partial charge in [0.2, 0.25) is 5.95 Å². The monoisotopic (exact) mass is 543 g/mol. The maximum atomic E-state index is 13.5. The number of hydrogen-bond donors (Lipinski definition) is 1. The molecule has 3 aromatic rings. The molecule has 2 amide bonds. The molecule has 1 aromatic heterocycles. The van der Waals surface area contributed by atoms with E-state index in [9.17, 15) is 9.18 Å². The van der Waals surface area contributed by atoms with E-state index in [1.807, 2.05) is 29.7 Å². The van der Waals surface area contributed by atoms with E-state index < -0.39 is 5.82 Å². The Kier molecular flexibility index (Phi) is 7.71. The number of hydrogen-bond acceptors (Lipinski definition) is 7. The van der Waals surface area contributed by atoms with Gasteiger partial charge in [0, 0.05) is 62.4 Å². The van der Waals surface area contributed by atoms with Crippen molar-refractivity contribution >= 4 is 40.2 Å². The number of carbonyl (C=O) groups excluding carboxylic acids is 1. The minimum Gasteiger partial charge on any atom is -0.493 e. The second kappa shape index (κ2) is 11.2. The van der Waals surface area contributed by atoms with Gasteiger partial charge in [-0.15, -0.1) is 0 Å². The number of nitrogens with one attached hydrogen (secondary N) is 1. The topological polar surface area (TPSA) is 89.0 Å². The summed E-state index contributed by atoms with van der Waals surface area (Å²) in [6, 6.07) is 8.05. The van der Waals surface area contributed by atoms with Gasteiger partial charge in [0.1, 0.15) is 11.9 Å². The summed E-state index contributed by atoms with van der Waals surface area (Å²) in [4.78, 5) is 25.7. The third kappa shape index (κ3) is 5.86. The number of carbonyl (C=O) groups is 1. The Labute approximate surface area is 225 Å². The van der Waals surface area contributed by atoms with E-state index in [0.29, 0.717) is 54.8 Å². The zero-order valence-electron chi connectivity index (χ0n) is 21.6. The Hall–Kier alpha value is -3.37. The van der Waals surface area contributed by atoms with Gasteiger partial charge in [0.05, 0.1) is 29.9 Å². The summed E-state index contributed by atoms with van der Waals surface area (Å²) in [6.07, 6.45) is 3.18. The van der Waals surface area contributed by atoms with Crippen LogP contribution < -0.4 is 14.8 Å². The fourth-order valence-electron chi connectivity index (χ4n) is 4.93. The van der Waals surface area contributed by atoms with Crippen LogP contribution >= 0.6 is 11.6 Å². The molecule has 0 unspecified atom stereocenters. The van der Waals surface area contributed by atoms with Crippen molar-refractivity contribution in [3.05, 3.63) is 47.4 Å². The number of amides is 2. The third-order valence-corrected chi connectivity index (χ3v) is 7.03. The number of likely N-dealkylation sites (tertiary alicyclic amines) is 1. The molecule has 2 aliphatic heterocycles. The Morgan fingerprint density at radius 2 is 1.84 bits per heavy atom. The van der Waals surface area contributed by atoms with E-state index >= 15 is 0 Å². The predicted molar refractivity (Wildman–Crippen MR) is 143 cm³/mol. The van der Waals surface area contributed by atoms with Gasteiger partial charge in [-0.3, -0.25) is 0 Å². The average Bonchev–Trinajstić information content (AvgIpc) is 2.90. The lowest BCUT2D eigenvalue weighted by atomic mass is 10.1. The van der Waals surface area contributed by atoms with Crippen LogP contribution in [-0.4, -0.2) is 77.4 Å². The Balaban J connectivity index is 1.23. The van der Waals surface area contributed by atoms with Gasteiger partial charge >= 0.3 is 6.03 Å². The average molecular weight is 544 g/mol. The summed E-state index contributed by atoms with van der Waals surface area (Å²) in [6.45, 7) is 6.49. The summed E-state index contributed by atoms with van der Waals surface area (Å²) in [5.74, 6) is 1.02. The van der Waals surface area contributed by atoms with Crippen LogP contribution in [0, 0.1) is 5.82 Å². The molecule has 202 valence electrons. The molecule has 2 saturated heterocycles. The van der Waals surface area contributed by atoms with Crippen molar-refractivity contribution in [1.29, 1.82) is 0 Å². The minimum absolute atomic E-state index is 0.0136. The smallest absolute Gasteiger partial charge is 0.320 e. The molecule has 0 saturated carbocycles. The molecule has 3 heterocycles. The number of anilines is 2. The van der Waals surface area contributed by atoms with E-state index in [-0.39, 0.29) is 29.4 Å². The van der Waals surface area contributed by atoms with E-state index in [2.05, 4.69) is 15.3 Å². The summed E-state index contributed by atoms with van der Waals surface area (Å²) in [5.41, 5.74) is 1.24. The van der Waals surface area contributed by atoms with E-state index in [4.69, 9.17) is 25.8 Å². The number of piperidine rings is 1. The van der Waals surface area contributed by atoms with Crippen LogP contribution in [-0.2, 0) is 4.74 Å². The fourth-order valence-corrected chi connectivity index (χ4v) is 5.11. The van der Waals surface area contributed by atoms with Crippen molar-refractivity contribution in [2.24, 2.45) is 0 Å². The number of morpholine rings is 1. The highest BCUT2D eigenvalue weighted by molar-refractivity contribution is 6.31. The van der Waals surface area contributed by atoms with Crippen LogP contribution in [0.2, 0.25) is 5.02 Å². The normalized spacial score (nSPS) is 20.4. The van der Waals surface area contributed by atoms with Gasteiger partial charge in [0.25, 0.3) is 0 Å². The second-order valence-electron chi connectivity index (χ2n) is 9.76. The molecule has 2 fully saturated rings. The van der Waals surface area contributed by atoms with Crippen molar-refractivity contribution in [2.75, 3.05) is 38.6 Å². The second-order valence-corrected chi connectivity index (χ2v) is 10.2. The highest BCUT2D eigenvalue weighted by Crippen LogP contribution is 2.34. The van der Waals surface area contributed by atoms with Crippen molar-refractivity contribution in [1.82, 2.24) is 19.8 Å². The van der Waals surface area contributed by atoms with Crippen LogP contribution in [0.1, 0.15) is 26.7 Å². The summed E-state index contributed by atoms with van der Waals surface area (Å²) in [7, 11) is 1.58. The number of rotatable bonds is 5. The van der Waals surface area contributed by atoms with Crippen LogP contribution in [0.4, 0.5) is 20.8 Å². The van der Waals surface area contributed by atoms with E-state index in [1.54, 1.807) is 25.4 Å². The molecule has 2 aromatic carbocycles. The number of methoxy groups -OCH3 is 1. The standard InChI is InChI=1S/C27H31ClFN5O4/c1-16-14-34(15-17(2)37-16)27(35)33-8-6-20(7-9-33)38-25-10-18-13-30-26(32-23(18)12-24(25)36-3)31-19-4-5-22(29)21(28)11-19/h4-5,10-13,16-17,20H,6-9,14-15H2,1-3H3,(H,30,31,32)/t16-,17+. The maximum Gasteiger partial charge on any atom is 0.320 e. The number of halogens is 2. The lowest BCUT2D eigenvalue weighted by Crippen LogP contribution is -2.54. The van der Waals surface area contributed by atoms with Gasteiger partial charge < -0.3 is 29.3 Å². The summed E-state index contributed by atoms with van der Waals surface area (Å²) < 4.78 is 31.1. The van der Waals surface area contributed by atoms with Gasteiger partial charge in [-0.1, -0.05) is 11.6 Å². The molecule has 0 aliphatic carbocycles. The predicted octanol–water partition coefficient (Wildman–Crippen LogP) is 5.25. The van der Waals surface area contributed by atoms with Gasteiger partial charge in [-0.2, -0.15) is 0 Å². The first-order valence-corrected chi connectivity index (χ1v) is 13.1. The number of fused-ring (bicyclic) bond motifs is 1. The number of benzene rings is 2. The molecule has 11 heteroatoms. The van der Waals surface area contributed by atoms with E-state index in [0.717, 1.165) is 18.2 Å².